The van der Waals surface area contributed by atoms with Gasteiger partial charge in [0.1, 0.15) is 0 Å². The Morgan fingerprint density at radius 2 is 1.36 bits per heavy atom. The van der Waals surface area contributed by atoms with E-state index in [0.29, 0.717) is 0 Å². The standard InChI is InChI=1S/C4H7NO4.C2H6/c6-3(7)1-5-2-4(8)9;1-2/h5H,1-2H2,(H,6,7)(H,8,9);1-2H3. The molecule has 0 bridgehead atoms. The van der Waals surface area contributed by atoms with Crippen molar-refractivity contribution < 1.29 is 19.8 Å². The molecule has 11 heavy (non-hydrogen) atoms. The van der Waals surface area contributed by atoms with Crippen LogP contribution in [0.5, 0.6) is 0 Å². The molecule has 0 unspecified atom stereocenters. The summed E-state index contributed by atoms with van der Waals surface area (Å²) in [5.41, 5.74) is 0. The quantitative estimate of drug-likeness (QED) is 0.533. The van der Waals surface area contributed by atoms with Gasteiger partial charge in [-0.15, -0.1) is 0 Å². The van der Waals surface area contributed by atoms with Crippen LogP contribution in [0, 0.1) is 0 Å². The molecule has 0 atom stereocenters. The molecule has 0 spiro atoms. The molecule has 0 aromatic heterocycles. The summed E-state index contributed by atoms with van der Waals surface area (Å²) in [6, 6.07) is 0. The zero-order chi connectivity index (χ0) is 9.28. The largest absolute Gasteiger partial charge is 0.480 e. The summed E-state index contributed by atoms with van der Waals surface area (Å²) < 4.78 is 0. The summed E-state index contributed by atoms with van der Waals surface area (Å²) in [4.78, 5) is 19.5. The molecule has 5 nitrogen and oxygen atoms in total. The van der Waals surface area contributed by atoms with Gasteiger partial charge in [-0.2, -0.15) is 0 Å². The molecule has 5 heteroatoms. The minimum atomic E-state index is -1.06. The van der Waals surface area contributed by atoms with E-state index in [1.54, 1.807) is 0 Å². The zero-order valence-electron chi connectivity index (χ0n) is 6.63. The van der Waals surface area contributed by atoms with Crippen molar-refractivity contribution in [2.45, 2.75) is 13.8 Å². The van der Waals surface area contributed by atoms with E-state index in [4.69, 9.17) is 10.2 Å². The van der Waals surface area contributed by atoms with E-state index >= 15 is 0 Å². The van der Waals surface area contributed by atoms with Crippen LogP contribution in [0.4, 0.5) is 0 Å². The van der Waals surface area contributed by atoms with Crippen LogP contribution in [0.2, 0.25) is 0 Å². The van der Waals surface area contributed by atoms with Gasteiger partial charge in [0.05, 0.1) is 13.1 Å². The highest BCUT2D eigenvalue weighted by molar-refractivity contribution is 5.72. The lowest BCUT2D eigenvalue weighted by Gasteiger charge is -1.93. The van der Waals surface area contributed by atoms with Crippen molar-refractivity contribution in [2.75, 3.05) is 13.1 Å². The van der Waals surface area contributed by atoms with Gasteiger partial charge in [0.2, 0.25) is 0 Å². The first-order valence-electron chi connectivity index (χ1n) is 3.27. The van der Waals surface area contributed by atoms with Gasteiger partial charge in [-0.05, 0) is 0 Å². The van der Waals surface area contributed by atoms with E-state index in [9.17, 15) is 9.59 Å². The van der Waals surface area contributed by atoms with Gasteiger partial charge in [-0.3, -0.25) is 14.9 Å². The lowest BCUT2D eigenvalue weighted by atomic mass is 10.6. The molecule has 0 amide bonds. The summed E-state index contributed by atoms with van der Waals surface area (Å²) in [7, 11) is 0. The highest BCUT2D eigenvalue weighted by Crippen LogP contribution is 1.61. The summed E-state index contributed by atoms with van der Waals surface area (Å²) in [6.45, 7) is 3.37. The van der Waals surface area contributed by atoms with E-state index in [2.05, 4.69) is 5.32 Å². The molecule has 0 aromatic carbocycles. The fraction of sp³-hybridized carbons (Fsp3) is 0.667. The number of carboxylic acids is 2. The van der Waals surface area contributed by atoms with E-state index in [-0.39, 0.29) is 13.1 Å². The van der Waals surface area contributed by atoms with E-state index in [1.165, 1.54) is 0 Å². The lowest BCUT2D eigenvalue weighted by Crippen LogP contribution is -2.27. The molecule has 0 saturated heterocycles. The molecule has 0 aromatic rings. The summed E-state index contributed by atoms with van der Waals surface area (Å²) in [5.74, 6) is -2.12. The highest BCUT2D eigenvalue weighted by Gasteiger charge is 1.97. The number of nitrogens with one attached hydrogen (secondary N) is 1. The predicted molar refractivity (Wildman–Crippen MR) is 39.5 cm³/mol. The molecular weight excluding hydrogens is 150 g/mol. The number of hydrogen-bond donors (Lipinski definition) is 3. The molecule has 0 aliphatic heterocycles. The van der Waals surface area contributed by atoms with Crippen LogP contribution in [-0.4, -0.2) is 35.2 Å². The molecule has 0 heterocycles. The second-order valence-electron chi connectivity index (χ2n) is 1.39. The van der Waals surface area contributed by atoms with Gasteiger partial charge in [0, 0.05) is 0 Å². The highest BCUT2D eigenvalue weighted by atomic mass is 16.4. The molecular formula is C6H13NO4. The molecule has 0 fully saturated rings. The Labute approximate surface area is 65.0 Å². The topological polar surface area (TPSA) is 86.6 Å². The normalized spacial score (nSPS) is 7.82. The fourth-order valence-electron chi connectivity index (χ4n) is 0.276. The van der Waals surface area contributed by atoms with Crippen LogP contribution < -0.4 is 5.32 Å². The number of aliphatic carboxylic acids is 2. The van der Waals surface area contributed by atoms with Crippen molar-refractivity contribution >= 4 is 11.9 Å². The number of rotatable bonds is 4. The lowest BCUT2D eigenvalue weighted by molar-refractivity contribution is -0.137. The third-order valence-electron chi connectivity index (χ3n) is 0.552. The first-order valence-corrected chi connectivity index (χ1v) is 3.27. The minimum absolute atomic E-state index is 0.313. The fourth-order valence-corrected chi connectivity index (χ4v) is 0.276. The van der Waals surface area contributed by atoms with Gasteiger partial charge in [-0.1, -0.05) is 13.8 Å². The summed E-state index contributed by atoms with van der Waals surface area (Å²) in [6.07, 6.45) is 0. The van der Waals surface area contributed by atoms with Gasteiger partial charge < -0.3 is 10.2 Å². The number of carboxylic acid groups (broad SMARTS) is 2. The Bertz CT molecular complexity index is 110. The van der Waals surface area contributed by atoms with Crippen LogP contribution in [0.25, 0.3) is 0 Å². The molecule has 3 N–H and O–H groups in total. The Kier molecular flexibility index (Phi) is 10.2. The van der Waals surface area contributed by atoms with Crippen molar-refractivity contribution in [3.8, 4) is 0 Å². The van der Waals surface area contributed by atoms with Gasteiger partial charge in [-0.25, -0.2) is 0 Å². The monoisotopic (exact) mass is 163 g/mol. The van der Waals surface area contributed by atoms with E-state index in [1.807, 2.05) is 13.8 Å². The third-order valence-corrected chi connectivity index (χ3v) is 0.552. The SMILES string of the molecule is CC.O=C(O)CNCC(=O)O. The zero-order valence-corrected chi connectivity index (χ0v) is 6.63. The number of carbonyl (C=O) groups is 2. The molecule has 0 aliphatic carbocycles. The van der Waals surface area contributed by atoms with Gasteiger partial charge in [0.15, 0.2) is 0 Å². The smallest absolute Gasteiger partial charge is 0.317 e. The maximum atomic E-state index is 9.73. The van der Waals surface area contributed by atoms with Crippen molar-refractivity contribution in [2.24, 2.45) is 0 Å². The Balaban J connectivity index is 0. The van der Waals surface area contributed by atoms with Gasteiger partial charge >= 0.3 is 11.9 Å². The summed E-state index contributed by atoms with van der Waals surface area (Å²) in [5, 5.41) is 18.1. The third kappa shape index (κ3) is 17.6. The van der Waals surface area contributed by atoms with Crippen molar-refractivity contribution in [1.29, 1.82) is 0 Å². The van der Waals surface area contributed by atoms with Crippen LogP contribution in [0.3, 0.4) is 0 Å². The Morgan fingerprint density at radius 3 is 1.55 bits per heavy atom. The van der Waals surface area contributed by atoms with Crippen LogP contribution in [0.1, 0.15) is 13.8 Å². The van der Waals surface area contributed by atoms with Gasteiger partial charge in [0.25, 0.3) is 0 Å². The van der Waals surface area contributed by atoms with E-state index in [0.717, 1.165) is 0 Å². The van der Waals surface area contributed by atoms with Crippen LogP contribution in [0.15, 0.2) is 0 Å². The second-order valence-corrected chi connectivity index (χ2v) is 1.39. The first kappa shape index (κ1) is 12.6. The second kappa shape index (κ2) is 8.90. The van der Waals surface area contributed by atoms with E-state index < -0.39 is 11.9 Å². The molecule has 0 saturated carbocycles. The predicted octanol–water partition coefficient (Wildman–Crippen LogP) is -0.229. The van der Waals surface area contributed by atoms with Crippen LogP contribution in [-0.2, 0) is 9.59 Å². The maximum absolute atomic E-state index is 9.73. The molecule has 66 valence electrons. The molecule has 0 rings (SSSR count). The average molecular weight is 163 g/mol. The Hall–Kier alpha value is -1.10. The maximum Gasteiger partial charge on any atom is 0.317 e. The minimum Gasteiger partial charge on any atom is -0.480 e. The van der Waals surface area contributed by atoms with Crippen molar-refractivity contribution in [3.05, 3.63) is 0 Å². The molecule has 0 aliphatic rings. The Morgan fingerprint density at radius 1 is 1.09 bits per heavy atom. The van der Waals surface area contributed by atoms with Crippen molar-refractivity contribution in [1.82, 2.24) is 5.32 Å². The summed E-state index contributed by atoms with van der Waals surface area (Å²) >= 11 is 0. The molecule has 0 radical (unpaired) electrons. The first-order chi connectivity index (χ1) is 5.13. The average Bonchev–Trinajstić information content (AvgIpc) is 1.90. The number of hydrogen-bond acceptors (Lipinski definition) is 3. The van der Waals surface area contributed by atoms with Crippen LogP contribution >= 0.6 is 0 Å². The van der Waals surface area contributed by atoms with Crippen molar-refractivity contribution in [3.63, 3.8) is 0 Å².